The van der Waals surface area contributed by atoms with Gasteiger partial charge < -0.3 is 4.90 Å². The molecule has 0 spiro atoms. The molecule has 26 heavy (non-hydrogen) atoms. The van der Waals surface area contributed by atoms with Gasteiger partial charge in [-0.1, -0.05) is 24.3 Å². The van der Waals surface area contributed by atoms with Crippen LogP contribution in [0.4, 0.5) is 5.69 Å². The van der Waals surface area contributed by atoms with Gasteiger partial charge in [-0.3, -0.25) is 9.52 Å². The van der Waals surface area contributed by atoms with Crippen LogP contribution >= 0.6 is 0 Å². The first-order chi connectivity index (χ1) is 12.4. The molecule has 1 saturated heterocycles. The predicted molar refractivity (Wildman–Crippen MR) is 98.3 cm³/mol. The summed E-state index contributed by atoms with van der Waals surface area (Å²) in [6.07, 6.45) is 1.91. The molecule has 6 nitrogen and oxygen atoms in total. The Morgan fingerprint density at radius 3 is 2.50 bits per heavy atom. The molecular formula is C19H19N3O3S. The number of para-hydroxylation sites is 1. The number of hydrogen-bond donors (Lipinski definition) is 1. The summed E-state index contributed by atoms with van der Waals surface area (Å²) in [5, 5.41) is 9.19. The highest BCUT2D eigenvalue weighted by atomic mass is 32.2. The zero-order chi connectivity index (χ0) is 18.7. The van der Waals surface area contributed by atoms with Gasteiger partial charge in [-0.15, -0.1) is 0 Å². The Morgan fingerprint density at radius 2 is 1.81 bits per heavy atom. The molecule has 7 heteroatoms. The van der Waals surface area contributed by atoms with Gasteiger partial charge in [-0.05, 0) is 43.5 Å². The highest BCUT2D eigenvalue weighted by Gasteiger charge is 2.26. The van der Waals surface area contributed by atoms with Gasteiger partial charge in [0.25, 0.3) is 15.9 Å². The Hall–Kier alpha value is -2.85. The van der Waals surface area contributed by atoms with E-state index in [0.29, 0.717) is 24.2 Å². The van der Waals surface area contributed by atoms with E-state index in [2.05, 4.69) is 4.72 Å². The second-order valence-corrected chi connectivity index (χ2v) is 7.86. The standard InChI is InChI=1S/C19H19N3O3S/c1-14-7-6-9-16(19(23)22-11-4-5-12-22)18(14)21-26(24,25)17-10-3-2-8-15(17)13-20/h2-3,6-10,21H,4-5,11-12H2,1H3. The van der Waals surface area contributed by atoms with Gasteiger partial charge in [-0.2, -0.15) is 5.26 Å². The second-order valence-electron chi connectivity index (χ2n) is 6.21. The van der Waals surface area contributed by atoms with E-state index < -0.39 is 10.0 Å². The summed E-state index contributed by atoms with van der Waals surface area (Å²) in [6.45, 7) is 3.10. The quantitative estimate of drug-likeness (QED) is 0.897. The average molecular weight is 369 g/mol. The number of carbonyl (C=O) groups excluding carboxylic acids is 1. The normalized spacial score (nSPS) is 14.1. The number of hydrogen-bond acceptors (Lipinski definition) is 4. The lowest BCUT2D eigenvalue weighted by Crippen LogP contribution is -2.29. The van der Waals surface area contributed by atoms with Crippen LogP contribution in [0.3, 0.4) is 0 Å². The maximum Gasteiger partial charge on any atom is 0.263 e. The number of amides is 1. The lowest BCUT2D eigenvalue weighted by Gasteiger charge is -2.20. The molecule has 2 aromatic carbocycles. The van der Waals surface area contributed by atoms with E-state index in [9.17, 15) is 18.5 Å². The largest absolute Gasteiger partial charge is 0.339 e. The number of sulfonamides is 1. The van der Waals surface area contributed by atoms with Crippen molar-refractivity contribution in [3.8, 4) is 6.07 Å². The van der Waals surface area contributed by atoms with Crippen LogP contribution in [-0.2, 0) is 10.0 Å². The zero-order valence-corrected chi connectivity index (χ0v) is 15.2. The van der Waals surface area contributed by atoms with Crippen molar-refractivity contribution >= 4 is 21.6 Å². The van der Waals surface area contributed by atoms with Crippen LogP contribution in [0, 0.1) is 18.3 Å². The molecule has 0 aliphatic carbocycles. The molecular weight excluding hydrogens is 350 g/mol. The fraction of sp³-hybridized carbons (Fsp3) is 0.263. The summed E-state index contributed by atoms with van der Waals surface area (Å²) in [5.41, 5.74) is 1.29. The van der Waals surface area contributed by atoms with Gasteiger partial charge in [-0.25, -0.2) is 8.42 Å². The Balaban J connectivity index is 2.02. The van der Waals surface area contributed by atoms with Crippen molar-refractivity contribution in [3.63, 3.8) is 0 Å². The first kappa shape index (κ1) is 18.0. The first-order valence-corrected chi connectivity index (χ1v) is 9.83. The molecule has 1 fully saturated rings. The maximum absolute atomic E-state index is 12.8. The molecule has 1 heterocycles. The molecule has 0 saturated carbocycles. The Morgan fingerprint density at radius 1 is 1.12 bits per heavy atom. The summed E-state index contributed by atoms with van der Waals surface area (Å²) < 4.78 is 28.2. The molecule has 0 atom stereocenters. The minimum Gasteiger partial charge on any atom is -0.339 e. The third kappa shape index (κ3) is 3.41. The number of nitrogens with zero attached hydrogens (tertiary/aromatic N) is 2. The van der Waals surface area contributed by atoms with E-state index in [1.54, 1.807) is 42.2 Å². The van der Waals surface area contributed by atoms with Crippen LogP contribution in [0.25, 0.3) is 0 Å². The van der Waals surface area contributed by atoms with Crippen molar-refractivity contribution in [2.75, 3.05) is 17.8 Å². The van der Waals surface area contributed by atoms with E-state index in [1.165, 1.54) is 12.1 Å². The van der Waals surface area contributed by atoms with Gasteiger partial charge in [0, 0.05) is 13.1 Å². The number of nitriles is 1. The molecule has 0 radical (unpaired) electrons. The number of aryl methyl sites for hydroxylation is 1. The Labute approximate surface area is 153 Å². The number of benzene rings is 2. The zero-order valence-electron chi connectivity index (χ0n) is 14.4. The highest BCUT2D eigenvalue weighted by molar-refractivity contribution is 7.92. The van der Waals surface area contributed by atoms with Crippen molar-refractivity contribution in [3.05, 3.63) is 59.2 Å². The van der Waals surface area contributed by atoms with E-state index in [0.717, 1.165) is 12.8 Å². The van der Waals surface area contributed by atoms with Gasteiger partial charge in [0.1, 0.15) is 11.0 Å². The molecule has 2 aromatic rings. The van der Waals surface area contributed by atoms with Gasteiger partial charge in [0.15, 0.2) is 0 Å². The van der Waals surface area contributed by atoms with Gasteiger partial charge in [0.05, 0.1) is 16.8 Å². The number of carbonyl (C=O) groups is 1. The minimum atomic E-state index is -4.00. The van der Waals surface area contributed by atoms with E-state index >= 15 is 0 Å². The number of anilines is 1. The van der Waals surface area contributed by atoms with Crippen LogP contribution in [0.15, 0.2) is 47.4 Å². The van der Waals surface area contributed by atoms with Crippen molar-refractivity contribution in [2.45, 2.75) is 24.7 Å². The van der Waals surface area contributed by atoms with Gasteiger partial charge >= 0.3 is 0 Å². The molecule has 1 aliphatic heterocycles. The SMILES string of the molecule is Cc1cccc(C(=O)N2CCCC2)c1NS(=O)(=O)c1ccccc1C#N. The summed E-state index contributed by atoms with van der Waals surface area (Å²) in [5.74, 6) is -0.183. The molecule has 1 amide bonds. The van der Waals surface area contributed by atoms with Crippen molar-refractivity contribution in [1.29, 1.82) is 5.26 Å². The topological polar surface area (TPSA) is 90.3 Å². The summed E-state index contributed by atoms with van der Waals surface area (Å²) in [6, 6.07) is 13.0. The van der Waals surface area contributed by atoms with Gasteiger partial charge in [0.2, 0.25) is 0 Å². The fourth-order valence-corrected chi connectivity index (χ4v) is 4.37. The highest BCUT2D eigenvalue weighted by Crippen LogP contribution is 2.27. The Kier molecular flexibility index (Phi) is 4.96. The predicted octanol–water partition coefficient (Wildman–Crippen LogP) is 2.90. The average Bonchev–Trinajstić information content (AvgIpc) is 3.17. The number of rotatable bonds is 4. The smallest absolute Gasteiger partial charge is 0.263 e. The third-order valence-corrected chi connectivity index (χ3v) is 5.84. The lowest BCUT2D eigenvalue weighted by molar-refractivity contribution is 0.0794. The van der Waals surface area contributed by atoms with Crippen LogP contribution in [0.1, 0.15) is 34.3 Å². The number of likely N-dealkylation sites (tertiary alicyclic amines) is 1. The van der Waals surface area contributed by atoms with Crippen LogP contribution in [0.2, 0.25) is 0 Å². The molecule has 1 aliphatic rings. The number of nitrogens with one attached hydrogen (secondary N) is 1. The molecule has 0 aromatic heterocycles. The monoisotopic (exact) mass is 369 g/mol. The maximum atomic E-state index is 12.8. The molecule has 0 bridgehead atoms. The summed E-state index contributed by atoms with van der Waals surface area (Å²) in [7, 11) is -4.00. The molecule has 1 N–H and O–H groups in total. The molecule has 134 valence electrons. The summed E-state index contributed by atoms with van der Waals surface area (Å²) in [4.78, 5) is 14.4. The summed E-state index contributed by atoms with van der Waals surface area (Å²) >= 11 is 0. The van der Waals surface area contributed by atoms with E-state index in [-0.39, 0.29) is 22.1 Å². The van der Waals surface area contributed by atoms with E-state index in [4.69, 9.17) is 0 Å². The third-order valence-electron chi connectivity index (χ3n) is 4.43. The van der Waals surface area contributed by atoms with Crippen LogP contribution in [0.5, 0.6) is 0 Å². The minimum absolute atomic E-state index is 0.0565. The van der Waals surface area contributed by atoms with Crippen LogP contribution in [-0.4, -0.2) is 32.3 Å². The molecule has 3 rings (SSSR count). The lowest BCUT2D eigenvalue weighted by atomic mass is 10.1. The second kappa shape index (κ2) is 7.18. The van der Waals surface area contributed by atoms with E-state index in [1.807, 2.05) is 6.07 Å². The van der Waals surface area contributed by atoms with Crippen molar-refractivity contribution in [2.24, 2.45) is 0 Å². The van der Waals surface area contributed by atoms with Crippen LogP contribution < -0.4 is 4.72 Å². The van der Waals surface area contributed by atoms with Crippen molar-refractivity contribution < 1.29 is 13.2 Å². The molecule has 0 unspecified atom stereocenters. The fourth-order valence-electron chi connectivity index (χ4n) is 3.05. The first-order valence-electron chi connectivity index (χ1n) is 8.35. The Bertz CT molecular complexity index is 987. The van der Waals surface area contributed by atoms with Crippen molar-refractivity contribution in [1.82, 2.24) is 4.90 Å².